The zero-order valence-electron chi connectivity index (χ0n) is 11.7. The Labute approximate surface area is 121 Å². The van der Waals surface area contributed by atoms with Crippen molar-refractivity contribution in [1.29, 1.82) is 0 Å². The van der Waals surface area contributed by atoms with Gasteiger partial charge in [-0.05, 0) is 25.5 Å². The Morgan fingerprint density at radius 2 is 2.10 bits per heavy atom. The first kappa shape index (κ1) is 14.8. The molecule has 0 bridgehead atoms. The highest BCUT2D eigenvalue weighted by Gasteiger charge is 2.31. The Bertz CT molecular complexity index is 691. The molecule has 0 aromatic carbocycles. The minimum absolute atomic E-state index is 0.189. The first-order valence-electron chi connectivity index (χ1n) is 6.59. The summed E-state index contributed by atoms with van der Waals surface area (Å²) in [5, 5.41) is 2.23. The number of carbonyl (C=O) groups is 2. The summed E-state index contributed by atoms with van der Waals surface area (Å²) in [4.78, 5) is 35.1. The monoisotopic (exact) mass is 288 g/mol. The lowest BCUT2D eigenvalue weighted by Gasteiger charge is -2.21. The molecule has 6 heteroatoms. The van der Waals surface area contributed by atoms with Gasteiger partial charge in [-0.3, -0.25) is 19.5 Å². The fourth-order valence-corrected chi connectivity index (χ4v) is 2.21. The van der Waals surface area contributed by atoms with Crippen molar-refractivity contribution in [3.63, 3.8) is 0 Å². The number of rotatable bonds is 4. The molecule has 2 amide bonds. The summed E-state index contributed by atoms with van der Waals surface area (Å²) in [6.45, 7) is 5.52. The third kappa shape index (κ3) is 2.94. The smallest absolute Gasteiger partial charge is 0.408 e. The molecule has 0 saturated carbocycles. The maximum Gasteiger partial charge on any atom is 0.420 e. The summed E-state index contributed by atoms with van der Waals surface area (Å²) < 4.78 is 6.40. The second-order valence-electron chi connectivity index (χ2n) is 4.54. The molecule has 21 heavy (non-hydrogen) atoms. The van der Waals surface area contributed by atoms with Crippen LogP contribution in [0.4, 0.5) is 0 Å². The quantitative estimate of drug-likeness (QED) is 0.674. The molecule has 1 aromatic rings. The normalized spacial score (nSPS) is 19.4. The van der Waals surface area contributed by atoms with Crippen molar-refractivity contribution in [3.8, 4) is 0 Å². The van der Waals surface area contributed by atoms with Crippen molar-refractivity contribution in [2.75, 3.05) is 0 Å². The molecule has 1 atom stereocenters. The number of aromatic nitrogens is 1. The predicted molar refractivity (Wildman–Crippen MR) is 78.3 cm³/mol. The molecule has 0 radical (unpaired) electrons. The Balaban J connectivity index is 2.44. The van der Waals surface area contributed by atoms with Crippen molar-refractivity contribution in [3.05, 3.63) is 46.8 Å². The van der Waals surface area contributed by atoms with E-state index in [0.717, 1.165) is 0 Å². The van der Waals surface area contributed by atoms with Crippen LogP contribution in [0, 0.1) is 0 Å². The summed E-state index contributed by atoms with van der Waals surface area (Å²) in [5.74, 6) is -1.14. The van der Waals surface area contributed by atoms with E-state index in [1.807, 2.05) is 13.0 Å². The van der Waals surface area contributed by atoms with Gasteiger partial charge in [0.2, 0.25) is 11.8 Å². The number of oxazole rings is 1. The highest BCUT2D eigenvalue weighted by molar-refractivity contribution is 5.99. The molecule has 1 unspecified atom stereocenters. The Kier molecular flexibility index (Phi) is 4.37. The van der Waals surface area contributed by atoms with E-state index in [2.05, 4.69) is 11.9 Å². The van der Waals surface area contributed by atoms with Gasteiger partial charge in [0.25, 0.3) is 0 Å². The number of nitrogens with one attached hydrogen (secondary N) is 1. The minimum Gasteiger partial charge on any atom is -0.408 e. The van der Waals surface area contributed by atoms with E-state index >= 15 is 0 Å². The van der Waals surface area contributed by atoms with Crippen LogP contribution in [-0.4, -0.2) is 16.4 Å². The third-order valence-electron chi connectivity index (χ3n) is 3.17. The molecule has 0 spiro atoms. The number of imide groups is 1. The minimum atomic E-state index is -0.754. The van der Waals surface area contributed by atoms with E-state index in [-0.39, 0.29) is 18.7 Å². The predicted octanol–water partition coefficient (Wildman–Crippen LogP) is 1.65. The van der Waals surface area contributed by atoms with Gasteiger partial charge < -0.3 is 4.42 Å². The average Bonchev–Trinajstić information content (AvgIpc) is 2.75. The van der Waals surface area contributed by atoms with Gasteiger partial charge in [-0.15, -0.1) is 0 Å². The standard InChI is InChI=1S/C15H16N2O4/c1-3-5-6-7-12-10(4-2)17(15(20)21-12)11-8-9-13(18)16-14(11)19/h3-7,11H,2,8-9H2,1H3,(H,16,18,19)/b5-3-,7-6-. The van der Waals surface area contributed by atoms with Gasteiger partial charge >= 0.3 is 5.76 Å². The highest BCUT2D eigenvalue weighted by Crippen LogP contribution is 2.22. The summed E-state index contributed by atoms with van der Waals surface area (Å²) in [6.07, 6.45) is 8.89. The van der Waals surface area contributed by atoms with Crippen LogP contribution in [0.25, 0.3) is 12.2 Å². The summed E-state index contributed by atoms with van der Waals surface area (Å²) in [5.41, 5.74) is 0.426. The van der Waals surface area contributed by atoms with Gasteiger partial charge in [-0.1, -0.05) is 24.8 Å². The molecule has 6 nitrogen and oxygen atoms in total. The number of carbonyl (C=O) groups excluding carboxylic acids is 2. The molecule has 1 saturated heterocycles. The largest absolute Gasteiger partial charge is 0.420 e. The molecule has 0 aliphatic carbocycles. The average molecular weight is 288 g/mol. The third-order valence-corrected chi connectivity index (χ3v) is 3.17. The first-order valence-corrected chi connectivity index (χ1v) is 6.59. The van der Waals surface area contributed by atoms with E-state index in [4.69, 9.17) is 4.42 Å². The Morgan fingerprint density at radius 3 is 2.71 bits per heavy atom. The van der Waals surface area contributed by atoms with Gasteiger partial charge in [-0.25, -0.2) is 4.79 Å². The van der Waals surface area contributed by atoms with Gasteiger partial charge in [-0.2, -0.15) is 0 Å². The highest BCUT2D eigenvalue weighted by atomic mass is 16.4. The number of nitrogens with zero attached hydrogens (tertiary/aromatic N) is 1. The van der Waals surface area contributed by atoms with E-state index < -0.39 is 17.7 Å². The van der Waals surface area contributed by atoms with Gasteiger partial charge in [0.1, 0.15) is 6.04 Å². The Hall–Kier alpha value is -2.63. The van der Waals surface area contributed by atoms with Crippen molar-refractivity contribution >= 4 is 24.0 Å². The van der Waals surface area contributed by atoms with Crippen LogP contribution in [0.5, 0.6) is 0 Å². The molecule has 1 aliphatic heterocycles. The van der Waals surface area contributed by atoms with Crippen LogP contribution in [0.15, 0.2) is 34.0 Å². The van der Waals surface area contributed by atoms with E-state index in [9.17, 15) is 14.4 Å². The lowest BCUT2D eigenvalue weighted by molar-refractivity contribution is -0.135. The molecular weight excluding hydrogens is 272 g/mol. The summed E-state index contributed by atoms with van der Waals surface area (Å²) in [6, 6.07) is -0.754. The van der Waals surface area contributed by atoms with E-state index in [1.165, 1.54) is 10.6 Å². The topological polar surface area (TPSA) is 81.3 Å². The van der Waals surface area contributed by atoms with Crippen molar-refractivity contribution in [2.24, 2.45) is 0 Å². The number of amides is 2. The van der Waals surface area contributed by atoms with Crippen LogP contribution in [0.3, 0.4) is 0 Å². The second-order valence-corrected chi connectivity index (χ2v) is 4.54. The molecule has 2 heterocycles. The molecule has 1 aromatic heterocycles. The zero-order valence-corrected chi connectivity index (χ0v) is 11.7. The van der Waals surface area contributed by atoms with E-state index in [0.29, 0.717) is 11.5 Å². The first-order chi connectivity index (χ1) is 10.1. The number of hydrogen-bond donors (Lipinski definition) is 1. The molecular formula is C15H16N2O4. The van der Waals surface area contributed by atoms with E-state index in [1.54, 1.807) is 18.2 Å². The molecule has 110 valence electrons. The number of piperidine rings is 1. The van der Waals surface area contributed by atoms with Crippen molar-refractivity contribution in [2.45, 2.75) is 25.8 Å². The Morgan fingerprint density at radius 1 is 1.33 bits per heavy atom. The molecule has 2 rings (SSSR count). The zero-order chi connectivity index (χ0) is 15.4. The summed E-state index contributed by atoms with van der Waals surface area (Å²) in [7, 11) is 0. The number of allylic oxidation sites excluding steroid dienone is 3. The maximum atomic E-state index is 12.0. The van der Waals surface area contributed by atoms with Gasteiger partial charge in [0, 0.05) is 6.42 Å². The maximum absolute atomic E-state index is 12.0. The molecule has 1 aliphatic rings. The van der Waals surface area contributed by atoms with Crippen molar-refractivity contribution < 1.29 is 14.0 Å². The van der Waals surface area contributed by atoms with Crippen molar-refractivity contribution in [1.82, 2.24) is 9.88 Å². The SMILES string of the molecule is C=Cc1c(/C=C\C=C/C)oc(=O)n1C1CCC(=O)NC1=O. The molecule has 1 fully saturated rings. The lowest BCUT2D eigenvalue weighted by atomic mass is 10.1. The molecule has 1 N–H and O–H groups in total. The van der Waals surface area contributed by atoms with Gasteiger partial charge in [0.15, 0.2) is 5.76 Å². The van der Waals surface area contributed by atoms with Crippen LogP contribution in [0.1, 0.15) is 37.3 Å². The van der Waals surface area contributed by atoms with Crippen LogP contribution in [0.2, 0.25) is 0 Å². The second kappa shape index (κ2) is 6.21. The van der Waals surface area contributed by atoms with Gasteiger partial charge in [0.05, 0.1) is 5.69 Å². The fraction of sp³-hybridized carbons (Fsp3) is 0.267. The lowest BCUT2D eigenvalue weighted by Crippen LogP contribution is -2.44. The number of hydrogen-bond acceptors (Lipinski definition) is 4. The van der Waals surface area contributed by atoms with Crippen LogP contribution in [-0.2, 0) is 9.59 Å². The van der Waals surface area contributed by atoms with Crippen LogP contribution >= 0.6 is 0 Å². The summed E-state index contributed by atoms with van der Waals surface area (Å²) >= 11 is 0. The van der Waals surface area contributed by atoms with Crippen LogP contribution < -0.4 is 11.1 Å². The fourth-order valence-electron chi connectivity index (χ4n) is 2.21.